The number of nitrogens with zero attached hydrogens (tertiary/aromatic N) is 1. The Labute approximate surface area is 86.0 Å². The fourth-order valence-corrected chi connectivity index (χ4v) is 1.54. The van der Waals surface area contributed by atoms with E-state index in [1.54, 1.807) is 12.3 Å². The number of nitrogens with two attached hydrogens (primary N) is 1. The molecule has 0 spiro atoms. The summed E-state index contributed by atoms with van der Waals surface area (Å²) in [5.74, 6) is -0.0297. The summed E-state index contributed by atoms with van der Waals surface area (Å²) >= 11 is 5.85. The molecule has 1 aromatic carbocycles. The van der Waals surface area contributed by atoms with E-state index in [1.165, 1.54) is 0 Å². The van der Waals surface area contributed by atoms with Gasteiger partial charge in [-0.05, 0) is 23.6 Å². The molecule has 0 amide bonds. The maximum Gasteiger partial charge on any atom is 0.142 e. The molecule has 0 saturated heterocycles. The molecule has 0 aliphatic heterocycles. The molecule has 3 N–H and O–H groups in total. The molecule has 0 saturated carbocycles. The molecule has 14 heavy (non-hydrogen) atoms. The molecule has 1 aromatic heterocycles. The maximum atomic E-state index is 7.35. The highest BCUT2D eigenvalue weighted by molar-refractivity contribution is 6.31. The van der Waals surface area contributed by atoms with Gasteiger partial charge in [-0.1, -0.05) is 17.7 Å². The second-order valence-electron chi connectivity index (χ2n) is 2.94. The van der Waals surface area contributed by atoms with E-state index in [-0.39, 0.29) is 5.84 Å². The second kappa shape index (κ2) is 3.27. The van der Waals surface area contributed by atoms with E-state index in [2.05, 4.69) is 4.98 Å². The molecule has 2 rings (SSSR count). The number of hydrogen-bond donors (Lipinski definition) is 2. The van der Waals surface area contributed by atoms with E-state index in [4.69, 9.17) is 22.7 Å². The van der Waals surface area contributed by atoms with Crippen LogP contribution in [0.1, 0.15) is 5.69 Å². The van der Waals surface area contributed by atoms with E-state index in [9.17, 15) is 0 Å². The molecule has 0 unspecified atom stereocenters. The van der Waals surface area contributed by atoms with Crippen molar-refractivity contribution in [2.24, 2.45) is 5.73 Å². The molecule has 0 fully saturated rings. The third-order valence-electron chi connectivity index (χ3n) is 1.98. The van der Waals surface area contributed by atoms with Gasteiger partial charge in [-0.3, -0.25) is 10.4 Å². The van der Waals surface area contributed by atoms with Crippen LogP contribution in [-0.2, 0) is 0 Å². The molecule has 2 aromatic rings. The fraction of sp³-hybridized carbons (Fsp3) is 0. The van der Waals surface area contributed by atoms with Crippen LogP contribution in [0, 0.1) is 5.41 Å². The summed E-state index contributed by atoms with van der Waals surface area (Å²) in [6, 6.07) is 7.25. The van der Waals surface area contributed by atoms with Gasteiger partial charge in [0.25, 0.3) is 0 Å². The predicted molar refractivity (Wildman–Crippen MR) is 57.8 cm³/mol. The average molecular weight is 206 g/mol. The van der Waals surface area contributed by atoms with Crippen LogP contribution in [0.2, 0.25) is 5.02 Å². The zero-order chi connectivity index (χ0) is 10.1. The van der Waals surface area contributed by atoms with Crippen molar-refractivity contribution in [1.29, 1.82) is 5.41 Å². The largest absolute Gasteiger partial charge is 0.382 e. The zero-order valence-corrected chi connectivity index (χ0v) is 8.05. The SMILES string of the molecule is N=C(N)c1nccc2cc(Cl)ccc12. The first-order chi connectivity index (χ1) is 6.68. The molecule has 0 radical (unpaired) electrons. The van der Waals surface area contributed by atoms with Crippen molar-refractivity contribution < 1.29 is 0 Å². The van der Waals surface area contributed by atoms with Crippen molar-refractivity contribution in [1.82, 2.24) is 4.98 Å². The fourth-order valence-electron chi connectivity index (χ4n) is 1.36. The number of fused-ring (bicyclic) bond motifs is 1. The second-order valence-corrected chi connectivity index (χ2v) is 3.38. The van der Waals surface area contributed by atoms with Crippen LogP contribution in [0.5, 0.6) is 0 Å². The molecule has 0 aliphatic rings. The van der Waals surface area contributed by atoms with Crippen molar-refractivity contribution in [2.75, 3.05) is 0 Å². The molecule has 0 bridgehead atoms. The summed E-state index contributed by atoms with van der Waals surface area (Å²) in [4.78, 5) is 4.04. The Morgan fingerprint density at radius 2 is 2.14 bits per heavy atom. The zero-order valence-electron chi connectivity index (χ0n) is 7.29. The standard InChI is InChI=1S/C10H8ClN3/c11-7-1-2-8-6(5-7)3-4-14-9(8)10(12)13/h1-5H,(H3,12,13). The van der Waals surface area contributed by atoms with Gasteiger partial charge in [-0.2, -0.15) is 0 Å². The minimum atomic E-state index is -0.0297. The Kier molecular flexibility index (Phi) is 2.09. The number of pyridine rings is 1. The highest BCUT2D eigenvalue weighted by atomic mass is 35.5. The first-order valence-corrected chi connectivity index (χ1v) is 4.45. The molecule has 3 nitrogen and oxygen atoms in total. The highest BCUT2D eigenvalue weighted by Gasteiger charge is 2.04. The number of amidine groups is 1. The number of benzene rings is 1. The summed E-state index contributed by atoms with van der Waals surface area (Å²) in [6.07, 6.45) is 1.62. The predicted octanol–water partition coefficient (Wildman–Crippen LogP) is 2.17. The molecule has 70 valence electrons. The van der Waals surface area contributed by atoms with Crippen molar-refractivity contribution in [3.05, 3.63) is 41.2 Å². The van der Waals surface area contributed by atoms with Crippen molar-refractivity contribution in [3.8, 4) is 0 Å². The van der Waals surface area contributed by atoms with Crippen LogP contribution in [0.3, 0.4) is 0 Å². The number of nitrogens with one attached hydrogen (secondary N) is 1. The van der Waals surface area contributed by atoms with Crippen molar-refractivity contribution >= 4 is 28.2 Å². The lowest BCUT2D eigenvalue weighted by atomic mass is 10.1. The Morgan fingerprint density at radius 1 is 1.36 bits per heavy atom. The van der Waals surface area contributed by atoms with Crippen LogP contribution in [0.4, 0.5) is 0 Å². The Morgan fingerprint density at radius 3 is 2.86 bits per heavy atom. The van der Waals surface area contributed by atoms with E-state index >= 15 is 0 Å². The van der Waals surface area contributed by atoms with Crippen LogP contribution in [0.25, 0.3) is 10.8 Å². The average Bonchev–Trinajstić information content (AvgIpc) is 2.16. The highest BCUT2D eigenvalue weighted by Crippen LogP contribution is 2.20. The smallest absolute Gasteiger partial charge is 0.142 e. The van der Waals surface area contributed by atoms with Gasteiger partial charge in [-0.25, -0.2) is 0 Å². The lowest BCUT2D eigenvalue weighted by molar-refractivity contribution is 1.28. The summed E-state index contributed by atoms with van der Waals surface area (Å²) in [5, 5.41) is 9.81. The lowest BCUT2D eigenvalue weighted by Gasteiger charge is -2.03. The third kappa shape index (κ3) is 1.42. The number of rotatable bonds is 1. The minimum absolute atomic E-state index is 0.0297. The van der Waals surface area contributed by atoms with E-state index < -0.39 is 0 Å². The minimum Gasteiger partial charge on any atom is -0.382 e. The van der Waals surface area contributed by atoms with Gasteiger partial charge in [0.05, 0.1) is 0 Å². The molecular weight excluding hydrogens is 198 g/mol. The molecule has 0 aliphatic carbocycles. The summed E-state index contributed by atoms with van der Waals surface area (Å²) in [6.45, 7) is 0. The number of aromatic nitrogens is 1. The van der Waals surface area contributed by atoms with Gasteiger partial charge in [0.1, 0.15) is 11.5 Å². The van der Waals surface area contributed by atoms with Gasteiger partial charge < -0.3 is 5.73 Å². The molecule has 0 atom stereocenters. The number of hydrogen-bond acceptors (Lipinski definition) is 2. The Hall–Kier alpha value is -1.61. The van der Waals surface area contributed by atoms with Crippen molar-refractivity contribution in [3.63, 3.8) is 0 Å². The van der Waals surface area contributed by atoms with Crippen LogP contribution in [0.15, 0.2) is 30.5 Å². The monoisotopic (exact) mass is 205 g/mol. The number of halogens is 1. The lowest BCUT2D eigenvalue weighted by Crippen LogP contribution is -2.13. The van der Waals surface area contributed by atoms with Crippen LogP contribution in [-0.4, -0.2) is 10.8 Å². The normalized spacial score (nSPS) is 10.4. The summed E-state index contributed by atoms with van der Waals surface area (Å²) in [5.41, 5.74) is 5.90. The van der Waals surface area contributed by atoms with Crippen LogP contribution >= 0.6 is 11.6 Å². The quantitative estimate of drug-likeness (QED) is 0.554. The third-order valence-corrected chi connectivity index (χ3v) is 2.22. The summed E-state index contributed by atoms with van der Waals surface area (Å²) < 4.78 is 0. The van der Waals surface area contributed by atoms with Gasteiger partial charge in [0.15, 0.2) is 0 Å². The summed E-state index contributed by atoms with van der Waals surface area (Å²) in [7, 11) is 0. The van der Waals surface area contributed by atoms with Gasteiger partial charge in [0, 0.05) is 16.6 Å². The first kappa shape index (κ1) is 8.97. The van der Waals surface area contributed by atoms with E-state index in [0.29, 0.717) is 10.7 Å². The maximum absolute atomic E-state index is 7.35. The van der Waals surface area contributed by atoms with Gasteiger partial charge in [0.2, 0.25) is 0 Å². The molecular formula is C10H8ClN3. The Balaban J connectivity index is 2.81. The van der Waals surface area contributed by atoms with Crippen molar-refractivity contribution in [2.45, 2.75) is 0 Å². The topological polar surface area (TPSA) is 62.8 Å². The van der Waals surface area contributed by atoms with Gasteiger partial charge >= 0.3 is 0 Å². The van der Waals surface area contributed by atoms with Gasteiger partial charge in [-0.15, -0.1) is 0 Å². The first-order valence-electron chi connectivity index (χ1n) is 4.07. The van der Waals surface area contributed by atoms with E-state index in [1.807, 2.05) is 18.2 Å². The number of nitrogen functional groups attached to an aromatic ring is 1. The molecule has 1 heterocycles. The molecule has 4 heteroatoms. The Bertz CT molecular complexity index is 508. The van der Waals surface area contributed by atoms with Crippen LogP contribution < -0.4 is 5.73 Å². The van der Waals surface area contributed by atoms with E-state index in [0.717, 1.165) is 10.8 Å².